The summed E-state index contributed by atoms with van der Waals surface area (Å²) >= 11 is 3.76. The van der Waals surface area contributed by atoms with Crippen LogP contribution in [-0.2, 0) is 9.53 Å². The van der Waals surface area contributed by atoms with Gasteiger partial charge in [0.2, 0.25) is 0 Å². The second-order valence-electron chi connectivity index (χ2n) is 4.56. The molecule has 2 heterocycles. The van der Waals surface area contributed by atoms with Crippen LogP contribution in [0.25, 0.3) is 0 Å². The number of carbonyl (C=O) groups is 1. The van der Waals surface area contributed by atoms with Crippen molar-refractivity contribution in [1.29, 1.82) is 0 Å². The zero-order valence-corrected chi connectivity index (χ0v) is 12.5. The molecule has 2 fully saturated rings. The van der Waals surface area contributed by atoms with Gasteiger partial charge in [0.05, 0.1) is 4.58 Å². The van der Waals surface area contributed by atoms with Crippen molar-refractivity contribution in [1.82, 2.24) is 5.32 Å². The number of esters is 1. The molecule has 0 aliphatic carbocycles. The predicted octanol–water partition coefficient (Wildman–Crippen LogP) is 2.24. The van der Waals surface area contributed by atoms with E-state index in [1.54, 1.807) is 0 Å². The molecule has 0 radical (unpaired) electrons. The Labute approximate surface area is 117 Å². The largest absolute Gasteiger partial charge is 0.465 e. The molecule has 0 aromatic rings. The lowest BCUT2D eigenvalue weighted by atomic mass is 10.1. The maximum atomic E-state index is 10.8. The molecule has 102 valence electrons. The first-order chi connectivity index (χ1) is 8.69. The third-order valence-corrected chi connectivity index (χ3v) is 5.95. The zero-order valence-electron chi connectivity index (χ0n) is 10.8. The summed E-state index contributed by atoms with van der Waals surface area (Å²) in [5.74, 6) is -0.180. The molecule has 3 atom stereocenters. The van der Waals surface area contributed by atoms with Crippen LogP contribution in [0.5, 0.6) is 0 Å². The smallest absolute Gasteiger partial charge is 0.302 e. The SMILES string of the molecule is CCCN=C1N[C@@H]2CC[C@H](COC(C)=O)S[C@@H]2S1. The third kappa shape index (κ3) is 3.82. The molecule has 0 aromatic carbocycles. The first kappa shape index (κ1) is 14.1. The Balaban J connectivity index is 1.81. The minimum atomic E-state index is -0.180. The summed E-state index contributed by atoms with van der Waals surface area (Å²) in [6, 6.07) is 0.532. The molecule has 0 amide bonds. The minimum absolute atomic E-state index is 0.180. The number of hydrogen-bond donors (Lipinski definition) is 1. The summed E-state index contributed by atoms with van der Waals surface area (Å²) in [5, 5.41) is 5.03. The van der Waals surface area contributed by atoms with Gasteiger partial charge in [0.15, 0.2) is 5.17 Å². The maximum Gasteiger partial charge on any atom is 0.302 e. The number of carbonyl (C=O) groups excluding carboxylic acids is 1. The Hall–Kier alpha value is -0.360. The topological polar surface area (TPSA) is 50.7 Å². The Morgan fingerprint density at radius 1 is 1.56 bits per heavy atom. The van der Waals surface area contributed by atoms with Crippen LogP contribution in [0.2, 0.25) is 0 Å². The fourth-order valence-corrected chi connectivity index (χ4v) is 5.17. The number of fused-ring (bicyclic) bond motifs is 1. The van der Waals surface area contributed by atoms with Crippen LogP contribution in [0.1, 0.15) is 33.1 Å². The van der Waals surface area contributed by atoms with Crippen molar-refractivity contribution >= 4 is 34.7 Å². The van der Waals surface area contributed by atoms with E-state index >= 15 is 0 Å². The van der Waals surface area contributed by atoms with Crippen LogP contribution in [0.15, 0.2) is 4.99 Å². The summed E-state index contributed by atoms with van der Waals surface area (Å²) in [6.45, 7) is 5.06. The van der Waals surface area contributed by atoms with Crippen molar-refractivity contribution in [2.45, 2.75) is 49.0 Å². The monoisotopic (exact) mass is 288 g/mol. The van der Waals surface area contributed by atoms with Crippen LogP contribution in [0.4, 0.5) is 0 Å². The van der Waals surface area contributed by atoms with Gasteiger partial charge in [0, 0.05) is 24.8 Å². The van der Waals surface area contributed by atoms with E-state index in [4.69, 9.17) is 4.74 Å². The normalized spacial score (nSPS) is 33.0. The molecular weight excluding hydrogens is 268 g/mol. The van der Waals surface area contributed by atoms with E-state index in [1.165, 1.54) is 6.92 Å². The van der Waals surface area contributed by atoms with Gasteiger partial charge in [-0.05, 0) is 19.3 Å². The molecule has 2 rings (SSSR count). The Morgan fingerprint density at radius 3 is 3.11 bits per heavy atom. The Morgan fingerprint density at radius 2 is 2.39 bits per heavy atom. The highest BCUT2D eigenvalue weighted by molar-refractivity contribution is 8.25. The highest BCUT2D eigenvalue weighted by atomic mass is 32.2. The molecule has 0 spiro atoms. The molecule has 18 heavy (non-hydrogen) atoms. The average Bonchev–Trinajstić information content (AvgIpc) is 2.75. The molecule has 2 saturated heterocycles. The highest BCUT2D eigenvalue weighted by Gasteiger charge is 2.38. The molecular formula is C12H20N2O2S2. The number of aliphatic imine (C=N–C) groups is 1. The predicted molar refractivity (Wildman–Crippen MR) is 78.1 cm³/mol. The van der Waals surface area contributed by atoms with Crippen molar-refractivity contribution in [3.63, 3.8) is 0 Å². The number of hydrogen-bond acceptors (Lipinski definition) is 5. The van der Waals surface area contributed by atoms with Crippen molar-refractivity contribution < 1.29 is 9.53 Å². The minimum Gasteiger partial charge on any atom is -0.465 e. The zero-order chi connectivity index (χ0) is 13.0. The lowest BCUT2D eigenvalue weighted by Gasteiger charge is -2.29. The summed E-state index contributed by atoms with van der Waals surface area (Å²) in [4.78, 5) is 15.4. The van der Waals surface area contributed by atoms with Crippen LogP contribution >= 0.6 is 23.5 Å². The summed E-state index contributed by atoms with van der Waals surface area (Å²) in [5.41, 5.74) is 0. The number of nitrogens with one attached hydrogen (secondary N) is 1. The summed E-state index contributed by atoms with van der Waals surface area (Å²) < 4.78 is 5.62. The summed E-state index contributed by atoms with van der Waals surface area (Å²) in [7, 11) is 0. The van der Waals surface area contributed by atoms with Gasteiger partial charge in [-0.25, -0.2) is 0 Å². The molecule has 2 aliphatic rings. The second kappa shape index (κ2) is 6.70. The first-order valence-electron chi connectivity index (χ1n) is 6.45. The van der Waals surface area contributed by atoms with Gasteiger partial charge in [-0.2, -0.15) is 0 Å². The fraction of sp³-hybridized carbons (Fsp3) is 0.833. The molecule has 0 unspecified atom stereocenters. The van der Waals surface area contributed by atoms with Gasteiger partial charge in [-0.3, -0.25) is 9.79 Å². The first-order valence-corrected chi connectivity index (χ1v) is 8.27. The second-order valence-corrected chi connectivity index (χ2v) is 7.44. The van der Waals surface area contributed by atoms with Crippen molar-refractivity contribution in [2.75, 3.05) is 13.2 Å². The van der Waals surface area contributed by atoms with E-state index in [1.807, 2.05) is 23.5 Å². The molecule has 1 N–H and O–H groups in total. The number of nitrogens with zero attached hydrogens (tertiary/aromatic N) is 1. The molecule has 0 saturated carbocycles. The third-order valence-electron chi connectivity index (χ3n) is 2.94. The molecule has 0 bridgehead atoms. The van der Waals surface area contributed by atoms with Gasteiger partial charge in [-0.1, -0.05) is 18.7 Å². The van der Waals surface area contributed by atoms with E-state index in [0.717, 1.165) is 31.0 Å². The maximum absolute atomic E-state index is 10.8. The molecule has 2 aliphatic heterocycles. The number of thioether (sulfide) groups is 2. The number of ether oxygens (including phenoxy) is 1. The average molecular weight is 288 g/mol. The standard InChI is InChI=1S/C12H20N2O2S2/c1-3-6-13-12-14-10-5-4-9(7-16-8(2)15)17-11(10)18-12/h9-11H,3-7H2,1-2H3,(H,13,14)/t9-,10-,11-/m1/s1. The Kier molecular flexibility index (Phi) is 5.24. The highest BCUT2D eigenvalue weighted by Crippen LogP contribution is 2.42. The van der Waals surface area contributed by atoms with Gasteiger partial charge < -0.3 is 10.1 Å². The fourth-order valence-electron chi connectivity index (χ4n) is 2.04. The van der Waals surface area contributed by atoms with E-state index < -0.39 is 0 Å². The van der Waals surface area contributed by atoms with E-state index in [2.05, 4.69) is 17.2 Å². The van der Waals surface area contributed by atoms with Crippen LogP contribution in [0, 0.1) is 0 Å². The van der Waals surface area contributed by atoms with Gasteiger partial charge in [0.25, 0.3) is 0 Å². The quantitative estimate of drug-likeness (QED) is 0.804. The molecule has 4 nitrogen and oxygen atoms in total. The Bertz CT molecular complexity index is 336. The van der Waals surface area contributed by atoms with E-state index in [0.29, 0.717) is 22.5 Å². The molecule has 0 aromatic heterocycles. The van der Waals surface area contributed by atoms with Crippen LogP contribution in [0.3, 0.4) is 0 Å². The van der Waals surface area contributed by atoms with Crippen molar-refractivity contribution in [3.05, 3.63) is 0 Å². The van der Waals surface area contributed by atoms with Gasteiger partial charge in [0.1, 0.15) is 6.61 Å². The lowest BCUT2D eigenvalue weighted by Crippen LogP contribution is -2.36. The van der Waals surface area contributed by atoms with E-state index in [9.17, 15) is 4.79 Å². The number of rotatable bonds is 4. The number of amidine groups is 1. The lowest BCUT2D eigenvalue weighted by molar-refractivity contribution is -0.140. The van der Waals surface area contributed by atoms with Crippen LogP contribution < -0.4 is 5.32 Å². The van der Waals surface area contributed by atoms with E-state index in [-0.39, 0.29) is 5.97 Å². The van der Waals surface area contributed by atoms with Gasteiger partial charge >= 0.3 is 5.97 Å². The van der Waals surface area contributed by atoms with Crippen LogP contribution in [-0.4, -0.2) is 40.2 Å². The van der Waals surface area contributed by atoms with Crippen molar-refractivity contribution in [2.24, 2.45) is 4.99 Å². The molecule has 6 heteroatoms. The van der Waals surface area contributed by atoms with Crippen molar-refractivity contribution in [3.8, 4) is 0 Å². The van der Waals surface area contributed by atoms with Gasteiger partial charge in [-0.15, -0.1) is 11.8 Å². The summed E-state index contributed by atoms with van der Waals surface area (Å²) in [6.07, 6.45) is 3.33.